The highest BCUT2D eigenvalue weighted by Gasteiger charge is 2.06. The molecule has 1 aliphatic rings. The van der Waals surface area contributed by atoms with Crippen LogP contribution in [0.15, 0.2) is 72.7 Å². The van der Waals surface area contributed by atoms with Gasteiger partial charge < -0.3 is 5.32 Å². The van der Waals surface area contributed by atoms with Crippen LogP contribution in [0, 0.1) is 0 Å². The molecule has 0 aromatic heterocycles. The molecule has 1 N–H and O–H groups in total. The van der Waals surface area contributed by atoms with Gasteiger partial charge in [-0.25, -0.2) is 0 Å². The molecule has 1 nitrogen and oxygen atoms in total. The second kappa shape index (κ2) is 5.07. The van der Waals surface area contributed by atoms with Crippen LogP contribution >= 0.6 is 0 Å². The second-order valence-electron chi connectivity index (χ2n) is 2.88. The van der Waals surface area contributed by atoms with Gasteiger partial charge in [0.1, 0.15) is 0 Å². The summed E-state index contributed by atoms with van der Waals surface area (Å²) >= 11 is 0. The minimum absolute atomic E-state index is 1.05. The molecule has 1 heterocycles. The third kappa shape index (κ3) is 2.36. The molecule has 0 spiro atoms. The molecule has 0 saturated heterocycles. The molecule has 72 valence electrons. The van der Waals surface area contributed by atoms with E-state index in [2.05, 4.69) is 24.6 Å². The Morgan fingerprint density at radius 2 is 1.86 bits per heavy atom. The van der Waals surface area contributed by atoms with Crippen LogP contribution < -0.4 is 5.32 Å². The molecule has 0 fully saturated rings. The summed E-state index contributed by atoms with van der Waals surface area (Å²) < 4.78 is 0. The summed E-state index contributed by atoms with van der Waals surface area (Å²) in [5.74, 6) is 0. The van der Waals surface area contributed by atoms with Crippen LogP contribution in [-0.4, -0.2) is 0 Å². The van der Waals surface area contributed by atoms with E-state index < -0.39 is 0 Å². The highest BCUT2D eigenvalue weighted by molar-refractivity contribution is 5.49. The first kappa shape index (κ1) is 10.3. The summed E-state index contributed by atoms with van der Waals surface area (Å²) in [5, 5.41) is 3.29. The average molecular weight is 185 g/mol. The van der Waals surface area contributed by atoms with E-state index in [0.717, 1.165) is 17.0 Å². The van der Waals surface area contributed by atoms with Crippen LogP contribution in [0.2, 0.25) is 0 Å². The monoisotopic (exact) mass is 185 g/mol. The molecule has 0 atom stereocenters. The largest absolute Gasteiger partial charge is 0.355 e. The van der Waals surface area contributed by atoms with Crippen LogP contribution in [0.1, 0.15) is 6.92 Å². The molecule has 0 bridgehead atoms. The van der Waals surface area contributed by atoms with E-state index in [0.29, 0.717) is 0 Å². The zero-order chi connectivity index (χ0) is 10.4. The summed E-state index contributed by atoms with van der Waals surface area (Å²) in [5.41, 5.74) is 3.26. The smallest absolute Gasteiger partial charge is 0.0457 e. The van der Waals surface area contributed by atoms with Crippen LogP contribution in [0.3, 0.4) is 0 Å². The lowest BCUT2D eigenvalue weighted by Crippen LogP contribution is -2.16. The van der Waals surface area contributed by atoms with Gasteiger partial charge in [0.2, 0.25) is 0 Å². The van der Waals surface area contributed by atoms with Crippen molar-refractivity contribution in [3.8, 4) is 0 Å². The fourth-order valence-electron chi connectivity index (χ4n) is 1.24. The molecular formula is C13H15N. The van der Waals surface area contributed by atoms with Gasteiger partial charge >= 0.3 is 0 Å². The molecule has 0 unspecified atom stereocenters. The number of hydrogen-bond donors (Lipinski definition) is 1. The third-order valence-corrected chi connectivity index (χ3v) is 1.93. The molecule has 1 heteroatoms. The Morgan fingerprint density at radius 1 is 1.14 bits per heavy atom. The SMILES string of the molecule is C=C/C=C1C=C/C(=C\C)NC/1=C/C=C. The average Bonchev–Trinajstić information content (AvgIpc) is 2.21. The minimum Gasteiger partial charge on any atom is -0.355 e. The third-order valence-electron chi connectivity index (χ3n) is 1.93. The molecular weight excluding hydrogens is 170 g/mol. The van der Waals surface area contributed by atoms with Crippen molar-refractivity contribution in [1.82, 2.24) is 5.32 Å². The molecule has 1 aliphatic heterocycles. The van der Waals surface area contributed by atoms with Crippen molar-refractivity contribution < 1.29 is 0 Å². The zero-order valence-corrected chi connectivity index (χ0v) is 8.46. The van der Waals surface area contributed by atoms with E-state index in [1.54, 1.807) is 12.2 Å². The fraction of sp³-hybridized carbons (Fsp3) is 0.0769. The van der Waals surface area contributed by atoms with Gasteiger partial charge in [-0.15, -0.1) is 0 Å². The quantitative estimate of drug-likeness (QED) is 0.696. The Bertz CT molecular complexity index is 351. The second-order valence-corrected chi connectivity index (χ2v) is 2.88. The maximum Gasteiger partial charge on any atom is 0.0457 e. The maximum atomic E-state index is 3.69. The lowest BCUT2D eigenvalue weighted by molar-refractivity contribution is 0.999. The number of allylic oxidation sites excluding steroid dienone is 7. The Morgan fingerprint density at radius 3 is 2.43 bits per heavy atom. The first-order valence-corrected chi connectivity index (χ1v) is 4.59. The van der Waals surface area contributed by atoms with E-state index in [4.69, 9.17) is 0 Å². The Balaban J connectivity index is 3.08. The number of hydrogen-bond acceptors (Lipinski definition) is 1. The lowest BCUT2D eigenvalue weighted by atomic mass is 10.1. The van der Waals surface area contributed by atoms with Crippen molar-refractivity contribution in [2.24, 2.45) is 0 Å². The first-order valence-electron chi connectivity index (χ1n) is 4.59. The molecule has 0 saturated carbocycles. The van der Waals surface area contributed by atoms with Gasteiger partial charge in [-0.2, -0.15) is 0 Å². The van der Waals surface area contributed by atoms with Gasteiger partial charge in [-0.05, 0) is 24.6 Å². The molecule has 0 aromatic carbocycles. The number of nitrogens with one attached hydrogen (secondary N) is 1. The van der Waals surface area contributed by atoms with Crippen molar-refractivity contribution in [1.29, 1.82) is 0 Å². The summed E-state index contributed by atoms with van der Waals surface area (Å²) in [6.45, 7) is 9.37. The van der Waals surface area contributed by atoms with Gasteiger partial charge in [0, 0.05) is 11.4 Å². The molecule has 0 amide bonds. The lowest BCUT2D eigenvalue weighted by Gasteiger charge is -2.17. The standard InChI is InChI=1S/C13H15N/c1-4-7-11-9-10-12(6-3)14-13(11)8-5-2/h4-10,14H,1-2H2,3H3/b11-7-,12-6+,13-8+. The van der Waals surface area contributed by atoms with Crippen LogP contribution in [-0.2, 0) is 0 Å². The zero-order valence-electron chi connectivity index (χ0n) is 8.46. The molecule has 0 radical (unpaired) electrons. The highest BCUT2D eigenvalue weighted by atomic mass is 14.9. The first-order chi connectivity index (χ1) is 6.81. The Hall–Kier alpha value is -1.76. The van der Waals surface area contributed by atoms with Crippen LogP contribution in [0.25, 0.3) is 0 Å². The minimum atomic E-state index is 1.05. The van der Waals surface area contributed by atoms with Crippen molar-refractivity contribution in [2.75, 3.05) is 0 Å². The van der Waals surface area contributed by atoms with E-state index in [9.17, 15) is 0 Å². The predicted octanol–water partition coefficient (Wildman–Crippen LogP) is 3.23. The molecule has 0 aromatic rings. The fourth-order valence-corrected chi connectivity index (χ4v) is 1.24. The van der Waals surface area contributed by atoms with Crippen LogP contribution in [0.5, 0.6) is 0 Å². The van der Waals surface area contributed by atoms with Crippen LogP contribution in [0.4, 0.5) is 0 Å². The normalized spacial score (nSPS) is 23.9. The summed E-state index contributed by atoms with van der Waals surface area (Å²) in [4.78, 5) is 0. The van der Waals surface area contributed by atoms with Crippen molar-refractivity contribution in [2.45, 2.75) is 6.92 Å². The van der Waals surface area contributed by atoms with Crippen molar-refractivity contribution in [3.05, 3.63) is 72.7 Å². The van der Waals surface area contributed by atoms with Gasteiger partial charge in [0.05, 0.1) is 0 Å². The Kier molecular flexibility index (Phi) is 3.74. The summed E-state index contributed by atoms with van der Waals surface area (Å²) in [6.07, 6.45) is 13.6. The van der Waals surface area contributed by atoms with Gasteiger partial charge in [0.25, 0.3) is 0 Å². The van der Waals surface area contributed by atoms with Gasteiger partial charge in [0.15, 0.2) is 0 Å². The van der Waals surface area contributed by atoms with E-state index in [1.807, 2.05) is 31.2 Å². The number of rotatable bonds is 2. The van der Waals surface area contributed by atoms with Crippen molar-refractivity contribution in [3.63, 3.8) is 0 Å². The Labute approximate surface area is 85.5 Å². The highest BCUT2D eigenvalue weighted by Crippen LogP contribution is 2.17. The summed E-state index contributed by atoms with van der Waals surface area (Å²) in [7, 11) is 0. The van der Waals surface area contributed by atoms with Crippen molar-refractivity contribution >= 4 is 0 Å². The predicted molar refractivity (Wildman–Crippen MR) is 62.6 cm³/mol. The topological polar surface area (TPSA) is 12.0 Å². The van der Waals surface area contributed by atoms with E-state index in [-0.39, 0.29) is 0 Å². The summed E-state index contributed by atoms with van der Waals surface area (Å²) in [6, 6.07) is 0. The van der Waals surface area contributed by atoms with Gasteiger partial charge in [-0.1, -0.05) is 43.5 Å². The van der Waals surface area contributed by atoms with E-state index in [1.165, 1.54) is 0 Å². The molecule has 0 aliphatic carbocycles. The van der Waals surface area contributed by atoms with E-state index >= 15 is 0 Å². The molecule has 1 rings (SSSR count). The molecule has 14 heavy (non-hydrogen) atoms. The maximum absolute atomic E-state index is 3.69. The van der Waals surface area contributed by atoms with Gasteiger partial charge in [-0.3, -0.25) is 0 Å².